The lowest BCUT2D eigenvalue weighted by Crippen LogP contribution is -2.42. The van der Waals surface area contributed by atoms with Crippen LogP contribution in [0, 0.1) is 11.8 Å². The Hall–Kier alpha value is -0.480. The minimum atomic E-state index is -0.383. The lowest BCUT2D eigenvalue weighted by atomic mass is 9.93. The van der Waals surface area contributed by atoms with E-state index in [4.69, 9.17) is 4.74 Å². The Morgan fingerprint density at radius 1 is 0.967 bits per heavy atom. The molecule has 30 heavy (non-hydrogen) atoms. The maximum absolute atomic E-state index is 12.0. The van der Waals surface area contributed by atoms with Crippen LogP contribution in [0.1, 0.15) is 112 Å². The molecule has 4 nitrogen and oxygen atoms in total. The lowest BCUT2D eigenvalue weighted by molar-refractivity contribution is 0.0160. The number of piperidine rings is 2. The summed E-state index contributed by atoms with van der Waals surface area (Å²) in [6.45, 7) is 14.6. The lowest BCUT2D eigenvalue weighted by Gasteiger charge is -2.34. The van der Waals surface area contributed by atoms with Gasteiger partial charge < -0.3 is 15.0 Å². The second-order valence-corrected chi connectivity index (χ2v) is 10.1. The second kappa shape index (κ2) is 17.1. The van der Waals surface area contributed by atoms with Gasteiger partial charge in [-0.3, -0.25) is 0 Å². The number of nitrogens with zero attached hydrogens (tertiary/aromatic N) is 1. The van der Waals surface area contributed by atoms with Gasteiger partial charge in [-0.25, -0.2) is 4.79 Å². The number of rotatable bonds is 8. The number of carbonyl (C=O) groups is 1. The first-order valence-electron chi connectivity index (χ1n) is 12.5. The molecule has 0 unspecified atom stereocenters. The number of unbranched alkanes of at least 4 members (excludes halogenated alkanes) is 4. The summed E-state index contributed by atoms with van der Waals surface area (Å²) < 4.78 is 5.44. The summed E-state index contributed by atoms with van der Waals surface area (Å²) in [6, 6.07) is 0. The third-order valence-electron chi connectivity index (χ3n) is 6.00. The van der Waals surface area contributed by atoms with Crippen molar-refractivity contribution < 1.29 is 9.53 Å². The van der Waals surface area contributed by atoms with Crippen LogP contribution in [0.15, 0.2) is 0 Å². The molecule has 0 aromatic carbocycles. The van der Waals surface area contributed by atoms with Crippen molar-refractivity contribution in [1.29, 1.82) is 0 Å². The number of halogens is 1. The molecule has 2 aliphatic rings. The predicted octanol–water partition coefficient (Wildman–Crippen LogP) is 7.20. The van der Waals surface area contributed by atoms with E-state index in [1.54, 1.807) is 0 Å². The molecule has 0 spiro atoms. The number of hydrogen-bond donors (Lipinski definition) is 1. The van der Waals surface area contributed by atoms with Gasteiger partial charge in [-0.05, 0) is 84.2 Å². The highest BCUT2D eigenvalue weighted by Crippen LogP contribution is 2.23. The molecule has 180 valence electrons. The molecule has 0 aromatic rings. The van der Waals surface area contributed by atoms with E-state index in [9.17, 15) is 4.79 Å². The Morgan fingerprint density at radius 2 is 1.57 bits per heavy atom. The summed E-state index contributed by atoms with van der Waals surface area (Å²) >= 11 is 0. The fraction of sp³-hybridized carbons (Fsp3) is 0.960. The largest absolute Gasteiger partial charge is 0.444 e. The molecular weight excluding hydrogens is 396 g/mol. The molecule has 2 aliphatic heterocycles. The number of hydrogen-bond acceptors (Lipinski definition) is 3. The van der Waals surface area contributed by atoms with Crippen molar-refractivity contribution in [3.63, 3.8) is 0 Å². The third-order valence-corrected chi connectivity index (χ3v) is 6.00. The van der Waals surface area contributed by atoms with E-state index in [-0.39, 0.29) is 24.1 Å². The first-order chi connectivity index (χ1) is 13.9. The van der Waals surface area contributed by atoms with E-state index in [0.717, 1.165) is 25.4 Å². The standard InChI is InChI=1S/C15H29NO2.C10H21N.ClH/c1-5-6-7-9-13-10-8-11-16(12-13)14(17)18-15(2,3)4;1-2-3-4-6-10-7-5-8-11-9-10;/h13H,5-12H2,1-4H3;10-11H,2-9H2,1H3;1H/t13-;10-;/m00./s1. The van der Waals surface area contributed by atoms with Crippen molar-refractivity contribution in [2.24, 2.45) is 11.8 Å². The zero-order valence-electron chi connectivity index (χ0n) is 20.6. The molecule has 5 heteroatoms. The molecule has 0 radical (unpaired) electrons. The van der Waals surface area contributed by atoms with Gasteiger partial charge in [-0.15, -0.1) is 12.4 Å². The Morgan fingerprint density at radius 3 is 2.10 bits per heavy atom. The van der Waals surface area contributed by atoms with Gasteiger partial charge in [-0.2, -0.15) is 0 Å². The number of nitrogens with one attached hydrogen (secondary N) is 1. The van der Waals surface area contributed by atoms with Crippen LogP contribution in [0.25, 0.3) is 0 Å². The molecule has 1 amide bonds. The minimum absolute atomic E-state index is 0. The van der Waals surface area contributed by atoms with Crippen LogP contribution in [0.2, 0.25) is 0 Å². The van der Waals surface area contributed by atoms with Crippen molar-refractivity contribution in [3.8, 4) is 0 Å². The topological polar surface area (TPSA) is 41.6 Å². The second-order valence-electron chi connectivity index (χ2n) is 10.1. The average molecular weight is 447 g/mol. The summed E-state index contributed by atoms with van der Waals surface area (Å²) in [7, 11) is 0. The van der Waals surface area contributed by atoms with Crippen LogP contribution in [0.5, 0.6) is 0 Å². The van der Waals surface area contributed by atoms with Gasteiger partial charge in [0, 0.05) is 13.1 Å². The van der Waals surface area contributed by atoms with Gasteiger partial charge in [-0.1, -0.05) is 52.4 Å². The Kier molecular flexibility index (Phi) is 16.8. The van der Waals surface area contributed by atoms with Crippen LogP contribution in [-0.2, 0) is 4.74 Å². The van der Waals surface area contributed by atoms with E-state index >= 15 is 0 Å². The van der Waals surface area contributed by atoms with Crippen LogP contribution in [0.4, 0.5) is 4.79 Å². The van der Waals surface area contributed by atoms with Crippen molar-refractivity contribution in [2.75, 3.05) is 26.2 Å². The third kappa shape index (κ3) is 14.5. The van der Waals surface area contributed by atoms with Gasteiger partial charge in [0.2, 0.25) is 0 Å². The van der Waals surface area contributed by atoms with Crippen molar-refractivity contribution in [1.82, 2.24) is 10.2 Å². The monoisotopic (exact) mass is 446 g/mol. The summed E-state index contributed by atoms with van der Waals surface area (Å²) in [5.74, 6) is 1.67. The fourth-order valence-corrected chi connectivity index (χ4v) is 4.33. The predicted molar refractivity (Wildman–Crippen MR) is 132 cm³/mol. The summed E-state index contributed by atoms with van der Waals surface area (Å²) in [4.78, 5) is 13.9. The molecule has 0 aromatic heterocycles. The highest BCUT2D eigenvalue weighted by Gasteiger charge is 2.27. The highest BCUT2D eigenvalue weighted by atomic mass is 35.5. The van der Waals surface area contributed by atoms with E-state index in [1.165, 1.54) is 83.7 Å². The summed E-state index contributed by atoms with van der Waals surface area (Å²) in [6.07, 6.45) is 15.9. The number of likely N-dealkylation sites (tertiary alicyclic amines) is 1. The first kappa shape index (κ1) is 29.5. The SMILES string of the molecule is CCCCC[C@H]1CCCN(C(=O)OC(C)(C)C)C1.CCCCC[C@H]1CCCNC1.Cl. The quantitative estimate of drug-likeness (QED) is 0.400. The molecule has 2 heterocycles. The summed E-state index contributed by atoms with van der Waals surface area (Å²) in [5.41, 5.74) is -0.383. The van der Waals surface area contributed by atoms with Crippen molar-refractivity contribution in [3.05, 3.63) is 0 Å². The Labute approximate surface area is 193 Å². The molecule has 0 bridgehead atoms. The average Bonchev–Trinajstić information content (AvgIpc) is 2.69. The van der Waals surface area contributed by atoms with E-state index in [0.29, 0.717) is 5.92 Å². The van der Waals surface area contributed by atoms with Gasteiger partial charge in [0.05, 0.1) is 0 Å². The zero-order chi connectivity index (χ0) is 21.5. The molecule has 0 saturated carbocycles. The molecule has 2 rings (SSSR count). The molecule has 2 fully saturated rings. The van der Waals surface area contributed by atoms with Crippen molar-refractivity contribution >= 4 is 18.5 Å². The zero-order valence-corrected chi connectivity index (χ0v) is 21.5. The molecular formula is C25H51ClN2O2. The Bertz CT molecular complexity index is 420. The number of amides is 1. The van der Waals surface area contributed by atoms with E-state index < -0.39 is 0 Å². The normalized spacial score (nSPS) is 21.8. The highest BCUT2D eigenvalue weighted by molar-refractivity contribution is 5.85. The van der Waals surface area contributed by atoms with E-state index in [1.807, 2.05) is 25.7 Å². The van der Waals surface area contributed by atoms with Gasteiger partial charge in [0.15, 0.2) is 0 Å². The number of carbonyl (C=O) groups excluding carboxylic acids is 1. The fourth-order valence-electron chi connectivity index (χ4n) is 4.33. The van der Waals surface area contributed by atoms with Crippen molar-refractivity contribution in [2.45, 2.75) is 117 Å². The minimum Gasteiger partial charge on any atom is -0.444 e. The van der Waals surface area contributed by atoms with Gasteiger partial charge >= 0.3 is 6.09 Å². The van der Waals surface area contributed by atoms with Gasteiger partial charge in [0.1, 0.15) is 5.60 Å². The van der Waals surface area contributed by atoms with Crippen LogP contribution in [-0.4, -0.2) is 42.8 Å². The van der Waals surface area contributed by atoms with Crippen LogP contribution >= 0.6 is 12.4 Å². The first-order valence-corrected chi connectivity index (χ1v) is 12.5. The number of ether oxygens (including phenoxy) is 1. The molecule has 1 N–H and O–H groups in total. The molecule has 0 aliphatic carbocycles. The van der Waals surface area contributed by atoms with Gasteiger partial charge in [0.25, 0.3) is 0 Å². The summed E-state index contributed by atoms with van der Waals surface area (Å²) in [5, 5.41) is 3.46. The van der Waals surface area contributed by atoms with Crippen LogP contribution < -0.4 is 5.32 Å². The maximum atomic E-state index is 12.0. The van der Waals surface area contributed by atoms with Crippen LogP contribution in [0.3, 0.4) is 0 Å². The maximum Gasteiger partial charge on any atom is 0.410 e. The van der Waals surface area contributed by atoms with E-state index in [2.05, 4.69) is 19.2 Å². The smallest absolute Gasteiger partial charge is 0.410 e. The molecule has 2 saturated heterocycles. The molecule has 2 atom stereocenters. The Balaban J connectivity index is 0.000000603.